The molecule has 0 saturated heterocycles. The van der Waals surface area contributed by atoms with Crippen LogP contribution in [0.1, 0.15) is 40.3 Å². The van der Waals surface area contributed by atoms with E-state index < -0.39 is 18.6 Å². The van der Waals surface area contributed by atoms with Gasteiger partial charge in [-0.3, -0.25) is 15.1 Å². The van der Waals surface area contributed by atoms with Crippen LogP contribution in [0.15, 0.2) is 67.0 Å². The van der Waals surface area contributed by atoms with Crippen molar-refractivity contribution in [1.29, 1.82) is 5.26 Å². The maximum atomic E-state index is 11.4. The van der Waals surface area contributed by atoms with E-state index in [2.05, 4.69) is 16.4 Å². The first-order valence-corrected chi connectivity index (χ1v) is 14.6. The van der Waals surface area contributed by atoms with Crippen LogP contribution in [0.25, 0.3) is 11.1 Å². The first kappa shape index (κ1) is 31.1. The fourth-order valence-corrected chi connectivity index (χ4v) is 5.62. The van der Waals surface area contributed by atoms with Gasteiger partial charge in [0.2, 0.25) is 0 Å². The number of pyridine rings is 1. The zero-order valence-corrected chi connectivity index (χ0v) is 25.2. The predicted molar refractivity (Wildman–Crippen MR) is 165 cm³/mol. The van der Waals surface area contributed by atoms with Crippen molar-refractivity contribution in [3.8, 4) is 34.4 Å². The first-order chi connectivity index (χ1) is 21.3. The van der Waals surface area contributed by atoms with Gasteiger partial charge in [-0.25, -0.2) is 0 Å². The van der Waals surface area contributed by atoms with E-state index in [-0.39, 0.29) is 19.3 Å². The van der Waals surface area contributed by atoms with Gasteiger partial charge in [0.15, 0.2) is 0 Å². The Hall–Kier alpha value is -4.33. The Morgan fingerprint density at radius 1 is 1.11 bits per heavy atom. The van der Waals surface area contributed by atoms with Crippen LogP contribution in [0, 0.1) is 11.3 Å². The number of nitriles is 1. The summed E-state index contributed by atoms with van der Waals surface area (Å²) in [5.41, 5.74) is 5.69. The van der Waals surface area contributed by atoms with Crippen molar-refractivity contribution in [1.82, 2.24) is 10.3 Å². The number of aromatic nitrogens is 1. The number of aliphatic hydroxyl groups is 1. The zero-order chi connectivity index (χ0) is 31.2. The number of benzene rings is 3. The van der Waals surface area contributed by atoms with Gasteiger partial charge in [0.05, 0.1) is 24.3 Å². The number of aliphatic carboxylic acids is 1. The van der Waals surface area contributed by atoms with Crippen LogP contribution in [0.2, 0.25) is 10.0 Å². The third kappa shape index (κ3) is 6.90. The molecule has 2 atom stereocenters. The summed E-state index contributed by atoms with van der Waals surface area (Å²) in [6.07, 6.45) is 4.26. The highest BCUT2D eigenvalue weighted by atomic mass is 35.5. The molecule has 1 aliphatic rings. The quantitative estimate of drug-likeness (QED) is 0.169. The van der Waals surface area contributed by atoms with Gasteiger partial charge < -0.3 is 24.4 Å². The highest BCUT2D eigenvalue weighted by molar-refractivity contribution is 6.33. The monoisotopic (exact) mass is 633 g/mol. The van der Waals surface area contributed by atoms with Crippen LogP contribution in [-0.4, -0.2) is 40.9 Å². The molecule has 44 heavy (non-hydrogen) atoms. The summed E-state index contributed by atoms with van der Waals surface area (Å²) in [6.45, 7) is -0.437. The number of rotatable bonds is 12. The lowest BCUT2D eigenvalue weighted by atomic mass is 9.96. The lowest BCUT2D eigenvalue weighted by molar-refractivity contribution is -0.140. The summed E-state index contributed by atoms with van der Waals surface area (Å²) in [5.74, 6) is 0.325. The number of ether oxygens (including phenoxy) is 3. The minimum atomic E-state index is -1.19. The van der Waals surface area contributed by atoms with Crippen molar-refractivity contribution in [3.05, 3.63) is 105 Å². The number of hydrogen-bond donors (Lipinski definition) is 3. The number of nitrogens with one attached hydrogen (secondary N) is 1. The van der Waals surface area contributed by atoms with Gasteiger partial charge in [0, 0.05) is 46.7 Å². The van der Waals surface area contributed by atoms with E-state index in [9.17, 15) is 20.3 Å². The van der Waals surface area contributed by atoms with Crippen molar-refractivity contribution in [3.63, 3.8) is 0 Å². The van der Waals surface area contributed by atoms with Crippen molar-refractivity contribution in [2.75, 3.05) is 13.7 Å². The average Bonchev–Trinajstić information content (AvgIpc) is 3.45. The standard InChI is InChI=1S/C33H29Cl2N3O6/c1-42-22-5-7-27(34)26(11-22)23-3-2-4-25-24(23)6-8-30(25)44-32-12-31(43-18-20-9-19(13-36)14-37-15-20)21(10-28(32)35)16-38-29(17-39)33(40)41/h2-5,7,9-12,14-15,29-30,38-39H,6,8,16-18H2,1H3,(H,40,41)/t29-,30-/m0/s1. The lowest BCUT2D eigenvalue weighted by Crippen LogP contribution is -2.39. The van der Waals surface area contributed by atoms with Crippen LogP contribution in [0.3, 0.4) is 0 Å². The highest BCUT2D eigenvalue weighted by Gasteiger charge is 2.28. The Morgan fingerprint density at radius 2 is 1.95 bits per heavy atom. The Bertz CT molecular complexity index is 1720. The molecule has 0 amide bonds. The number of aliphatic hydroxyl groups excluding tert-OH is 1. The number of methoxy groups -OCH3 is 1. The van der Waals surface area contributed by atoms with E-state index in [4.69, 9.17) is 37.4 Å². The molecule has 0 spiro atoms. The molecule has 0 radical (unpaired) electrons. The van der Waals surface area contributed by atoms with Crippen molar-refractivity contribution >= 4 is 29.2 Å². The Morgan fingerprint density at radius 3 is 2.70 bits per heavy atom. The summed E-state index contributed by atoms with van der Waals surface area (Å²) < 4.78 is 18.0. The fraction of sp³-hybridized carbons (Fsp3) is 0.242. The molecule has 0 aliphatic heterocycles. The van der Waals surface area contributed by atoms with Crippen molar-refractivity contribution in [2.24, 2.45) is 0 Å². The van der Waals surface area contributed by atoms with Crippen LogP contribution in [-0.2, 0) is 24.4 Å². The lowest BCUT2D eigenvalue weighted by Gasteiger charge is -2.20. The van der Waals surface area contributed by atoms with E-state index in [1.807, 2.05) is 36.4 Å². The number of hydrogen-bond acceptors (Lipinski definition) is 8. The summed E-state index contributed by atoms with van der Waals surface area (Å²) >= 11 is 13.3. The Balaban J connectivity index is 1.44. The van der Waals surface area contributed by atoms with Gasteiger partial charge in [-0.2, -0.15) is 5.26 Å². The molecule has 0 fully saturated rings. The Kier molecular flexibility index (Phi) is 9.88. The molecule has 11 heteroatoms. The van der Waals surface area contributed by atoms with Gasteiger partial charge in [0.1, 0.15) is 42.1 Å². The highest BCUT2D eigenvalue weighted by Crippen LogP contribution is 2.44. The normalized spacial score (nSPS) is 14.4. The molecule has 4 aromatic rings. The number of carboxylic acids is 1. The molecule has 226 valence electrons. The third-order valence-electron chi connectivity index (χ3n) is 7.40. The van der Waals surface area contributed by atoms with Gasteiger partial charge in [0.25, 0.3) is 0 Å². The largest absolute Gasteiger partial charge is 0.497 e. The SMILES string of the molecule is COc1ccc(Cl)c(-c2cccc3c2CC[C@@H]3Oc2cc(OCc3cncc(C#N)c3)c(CN[C@@H](CO)C(=O)O)cc2Cl)c1. The molecular formula is C33H29Cl2N3O6. The van der Waals surface area contributed by atoms with Crippen molar-refractivity contribution < 1.29 is 29.2 Å². The molecule has 1 heterocycles. The van der Waals surface area contributed by atoms with E-state index >= 15 is 0 Å². The van der Waals surface area contributed by atoms with Gasteiger partial charge in [-0.15, -0.1) is 0 Å². The number of nitrogens with zero attached hydrogens (tertiary/aromatic N) is 2. The second kappa shape index (κ2) is 14.0. The first-order valence-electron chi connectivity index (χ1n) is 13.8. The van der Waals surface area contributed by atoms with Crippen molar-refractivity contribution in [2.45, 2.75) is 38.1 Å². The topological polar surface area (TPSA) is 134 Å². The van der Waals surface area contributed by atoms with E-state index in [0.29, 0.717) is 50.4 Å². The van der Waals surface area contributed by atoms with Gasteiger partial charge in [-0.1, -0.05) is 41.4 Å². The van der Waals surface area contributed by atoms with Crippen LogP contribution < -0.4 is 19.5 Å². The van der Waals surface area contributed by atoms with Gasteiger partial charge >= 0.3 is 5.97 Å². The van der Waals surface area contributed by atoms with Gasteiger partial charge in [-0.05, 0) is 59.9 Å². The minimum absolute atomic E-state index is 0.0558. The molecule has 0 bridgehead atoms. The second-order valence-electron chi connectivity index (χ2n) is 10.2. The number of halogens is 2. The maximum Gasteiger partial charge on any atom is 0.323 e. The molecule has 3 aromatic carbocycles. The summed E-state index contributed by atoms with van der Waals surface area (Å²) in [6, 6.07) is 17.5. The number of carboxylic acid groups (broad SMARTS) is 1. The molecule has 1 aromatic heterocycles. The molecule has 9 nitrogen and oxygen atoms in total. The number of fused-ring (bicyclic) bond motifs is 1. The molecule has 0 saturated carbocycles. The fourth-order valence-electron chi connectivity index (χ4n) is 5.17. The minimum Gasteiger partial charge on any atom is -0.497 e. The van der Waals surface area contributed by atoms with Crippen LogP contribution >= 0.6 is 23.2 Å². The maximum absolute atomic E-state index is 11.4. The van der Waals surface area contributed by atoms with E-state index in [0.717, 1.165) is 28.7 Å². The van der Waals surface area contributed by atoms with E-state index in [1.54, 1.807) is 31.5 Å². The molecule has 0 unspecified atom stereocenters. The Labute approximate surface area is 264 Å². The zero-order valence-electron chi connectivity index (χ0n) is 23.7. The number of carbonyl (C=O) groups is 1. The summed E-state index contributed by atoms with van der Waals surface area (Å²) in [4.78, 5) is 15.5. The predicted octanol–water partition coefficient (Wildman–Crippen LogP) is 6.12. The van der Waals surface area contributed by atoms with Crippen LogP contribution in [0.5, 0.6) is 17.2 Å². The van der Waals surface area contributed by atoms with E-state index in [1.165, 1.54) is 6.20 Å². The molecule has 1 aliphatic carbocycles. The second-order valence-corrected chi connectivity index (χ2v) is 11.0. The third-order valence-corrected chi connectivity index (χ3v) is 8.03. The average molecular weight is 635 g/mol. The molecular weight excluding hydrogens is 605 g/mol. The molecule has 3 N–H and O–H groups in total. The summed E-state index contributed by atoms with van der Waals surface area (Å²) in [5, 5.41) is 31.8. The summed E-state index contributed by atoms with van der Waals surface area (Å²) in [7, 11) is 1.62. The smallest absolute Gasteiger partial charge is 0.323 e. The molecule has 5 rings (SSSR count). The van der Waals surface area contributed by atoms with Crippen LogP contribution in [0.4, 0.5) is 0 Å².